The first kappa shape index (κ1) is 15.3. The van der Waals surface area contributed by atoms with E-state index in [0.717, 1.165) is 13.2 Å². The van der Waals surface area contributed by atoms with Crippen LogP contribution in [0.3, 0.4) is 0 Å². The first-order valence-electron chi connectivity index (χ1n) is 4.65. The van der Waals surface area contributed by atoms with Gasteiger partial charge in [-0.15, -0.1) is 0 Å². The van der Waals surface area contributed by atoms with E-state index in [1.54, 1.807) is 0 Å². The summed E-state index contributed by atoms with van der Waals surface area (Å²) in [4.78, 5) is 0. The van der Waals surface area contributed by atoms with Gasteiger partial charge in [0.05, 0.1) is 0 Å². The lowest BCUT2D eigenvalue weighted by molar-refractivity contribution is 0.128. The zero-order valence-corrected chi connectivity index (χ0v) is 8.36. The molecule has 0 amide bonds. The van der Waals surface area contributed by atoms with E-state index >= 15 is 0 Å². The molecule has 0 aromatic carbocycles. The molecule has 0 bridgehead atoms. The fourth-order valence-electron chi connectivity index (χ4n) is 0.595. The topological polar surface area (TPSA) is 9.23 Å². The lowest BCUT2D eigenvalue weighted by atomic mass is 10.3. The predicted octanol–water partition coefficient (Wildman–Crippen LogP) is 3.48. The number of hydrogen-bond acceptors (Lipinski definition) is 1. The molecule has 0 aliphatic heterocycles. The van der Waals surface area contributed by atoms with Crippen LogP contribution in [0, 0.1) is 0 Å². The molecule has 5 heteroatoms. The first-order chi connectivity index (χ1) is 6.15. The Morgan fingerprint density at radius 1 is 0.923 bits per heavy atom. The van der Waals surface area contributed by atoms with Crippen LogP contribution in [-0.4, -0.2) is 20.8 Å². The largest absolute Gasteiger partial charge is 0.762 e. The average Bonchev–Trinajstić information content (AvgIpc) is 2.03. The van der Waals surface area contributed by atoms with Gasteiger partial charge >= 0.3 is 7.54 Å². The van der Waals surface area contributed by atoms with E-state index in [1.807, 2.05) is 0 Å². The smallest absolute Gasteiger partial charge is 0.381 e. The summed E-state index contributed by atoms with van der Waals surface area (Å²) < 4.78 is 34.3. The summed E-state index contributed by atoms with van der Waals surface area (Å²) in [7, 11) is -3.67. The molecule has 0 aliphatic rings. The molecule has 1 nitrogen and oxygen atoms in total. The Balaban J connectivity index is 0. The van der Waals surface area contributed by atoms with Gasteiger partial charge in [-0.05, 0) is 12.8 Å². The highest BCUT2D eigenvalue weighted by molar-refractivity contribution is 6.33. The average molecular weight is 198 g/mol. The second-order valence-corrected chi connectivity index (χ2v) is 2.57. The van der Waals surface area contributed by atoms with Gasteiger partial charge < -0.3 is 4.74 Å². The maximum absolute atomic E-state index is 9.67. The van der Waals surface area contributed by atoms with Crippen molar-refractivity contribution in [3.8, 4) is 0 Å². The van der Waals surface area contributed by atoms with Crippen molar-refractivity contribution < 1.29 is 17.7 Å². The van der Waals surface area contributed by atoms with Crippen molar-refractivity contribution in [2.75, 3.05) is 13.2 Å². The lowest BCUT2D eigenvalue weighted by Gasteiger charge is -1.99. The monoisotopic (exact) mass is 198 g/mol. The van der Waals surface area contributed by atoms with E-state index in [4.69, 9.17) is 4.74 Å². The van der Waals surface area contributed by atoms with Gasteiger partial charge in [0, 0.05) is 13.2 Å². The van der Waals surface area contributed by atoms with Crippen molar-refractivity contribution in [2.24, 2.45) is 0 Å². The highest BCUT2D eigenvalue weighted by Gasteiger charge is 2.06. The Morgan fingerprint density at radius 3 is 1.46 bits per heavy atom. The molecule has 0 radical (unpaired) electrons. The molecule has 0 aromatic rings. The number of ether oxygens (including phenoxy) is 1. The summed E-state index contributed by atoms with van der Waals surface area (Å²) in [5.74, 6) is 0. The highest BCUT2D eigenvalue weighted by Crippen LogP contribution is 1.91. The standard InChI is InChI=1S/C8H18O.BF3/c1-3-5-7-9-8-6-4-2;2-1(3)4/h3-8H2,1-2H3;. The third kappa shape index (κ3) is 33.7. The second-order valence-electron chi connectivity index (χ2n) is 2.57. The number of hydrogen-bond donors (Lipinski definition) is 0. The fourth-order valence-corrected chi connectivity index (χ4v) is 0.595. The normalized spacial score (nSPS) is 9.00. The van der Waals surface area contributed by atoms with Gasteiger partial charge in [-0.1, -0.05) is 26.7 Å². The summed E-state index contributed by atoms with van der Waals surface area (Å²) >= 11 is 0. The molecular weight excluding hydrogens is 180 g/mol. The van der Waals surface area contributed by atoms with Crippen molar-refractivity contribution in [1.82, 2.24) is 0 Å². The zero-order valence-electron chi connectivity index (χ0n) is 8.36. The lowest BCUT2D eigenvalue weighted by Crippen LogP contribution is -1.95. The van der Waals surface area contributed by atoms with Crippen LogP contribution in [0.2, 0.25) is 0 Å². The summed E-state index contributed by atoms with van der Waals surface area (Å²) in [5.41, 5.74) is 0. The van der Waals surface area contributed by atoms with Crippen molar-refractivity contribution >= 4 is 7.54 Å². The molecule has 0 atom stereocenters. The van der Waals surface area contributed by atoms with Crippen LogP contribution < -0.4 is 0 Å². The van der Waals surface area contributed by atoms with Gasteiger partial charge in [0.15, 0.2) is 0 Å². The molecule has 0 N–H and O–H groups in total. The maximum Gasteiger partial charge on any atom is 0.762 e. The molecule has 0 rings (SSSR count). The van der Waals surface area contributed by atoms with Crippen molar-refractivity contribution in [3.63, 3.8) is 0 Å². The molecule has 80 valence electrons. The van der Waals surface area contributed by atoms with E-state index in [1.165, 1.54) is 25.7 Å². The number of halogens is 3. The number of rotatable bonds is 6. The molecule has 0 unspecified atom stereocenters. The molecule has 0 spiro atoms. The van der Waals surface area contributed by atoms with E-state index in [0.29, 0.717) is 0 Å². The van der Waals surface area contributed by atoms with Gasteiger partial charge in [-0.3, -0.25) is 12.9 Å². The van der Waals surface area contributed by atoms with Crippen LogP contribution in [0.5, 0.6) is 0 Å². The minimum absolute atomic E-state index is 0.955. The van der Waals surface area contributed by atoms with Crippen LogP contribution >= 0.6 is 0 Å². The first-order valence-corrected chi connectivity index (χ1v) is 4.65. The Hall–Kier alpha value is -0.185. The Kier molecular flexibility index (Phi) is 16.9. The second kappa shape index (κ2) is 14.3. The molecule has 0 aromatic heterocycles. The predicted molar refractivity (Wildman–Crippen MR) is 49.7 cm³/mol. The number of unbranched alkanes of at least 4 members (excludes halogenated alkanes) is 2. The summed E-state index contributed by atoms with van der Waals surface area (Å²) in [6, 6.07) is 0. The van der Waals surface area contributed by atoms with Crippen molar-refractivity contribution in [2.45, 2.75) is 39.5 Å². The fraction of sp³-hybridized carbons (Fsp3) is 1.00. The maximum atomic E-state index is 9.67. The summed E-state index contributed by atoms with van der Waals surface area (Å²) in [5, 5.41) is 0. The van der Waals surface area contributed by atoms with Gasteiger partial charge in [0.2, 0.25) is 0 Å². The Bertz CT molecular complexity index is 75.0. The third-order valence-electron chi connectivity index (χ3n) is 1.28. The van der Waals surface area contributed by atoms with Crippen LogP contribution in [0.15, 0.2) is 0 Å². The highest BCUT2D eigenvalue weighted by atomic mass is 19.4. The van der Waals surface area contributed by atoms with Crippen LogP contribution in [0.4, 0.5) is 12.9 Å². The Morgan fingerprint density at radius 2 is 1.23 bits per heavy atom. The molecule has 0 heterocycles. The quantitative estimate of drug-likeness (QED) is 0.468. The Labute approximate surface area is 78.9 Å². The van der Waals surface area contributed by atoms with E-state index < -0.39 is 7.54 Å². The van der Waals surface area contributed by atoms with Crippen molar-refractivity contribution in [1.29, 1.82) is 0 Å². The van der Waals surface area contributed by atoms with Crippen LogP contribution in [0.1, 0.15) is 39.5 Å². The molecule has 0 aliphatic carbocycles. The summed E-state index contributed by atoms with van der Waals surface area (Å²) in [6.45, 7) is 6.28. The van der Waals surface area contributed by atoms with E-state index in [9.17, 15) is 12.9 Å². The van der Waals surface area contributed by atoms with Crippen molar-refractivity contribution in [3.05, 3.63) is 0 Å². The molecule has 0 fully saturated rings. The van der Waals surface area contributed by atoms with E-state index in [2.05, 4.69) is 13.8 Å². The molecular formula is C8H18BF3O. The van der Waals surface area contributed by atoms with Gasteiger partial charge in [-0.2, -0.15) is 0 Å². The third-order valence-corrected chi connectivity index (χ3v) is 1.28. The van der Waals surface area contributed by atoms with Crippen LogP contribution in [0.25, 0.3) is 0 Å². The molecule has 0 saturated carbocycles. The minimum Gasteiger partial charge on any atom is -0.381 e. The van der Waals surface area contributed by atoms with Crippen LogP contribution in [-0.2, 0) is 4.74 Å². The van der Waals surface area contributed by atoms with Gasteiger partial charge in [0.25, 0.3) is 0 Å². The van der Waals surface area contributed by atoms with Gasteiger partial charge in [0.1, 0.15) is 0 Å². The summed E-state index contributed by atoms with van der Waals surface area (Å²) in [6.07, 6.45) is 4.91. The minimum atomic E-state index is -3.67. The van der Waals surface area contributed by atoms with Gasteiger partial charge in [-0.25, -0.2) is 0 Å². The molecule has 0 saturated heterocycles. The SMILES string of the molecule is CCCCOCCCC.FB(F)F. The molecule has 13 heavy (non-hydrogen) atoms. The zero-order chi connectivity index (χ0) is 10.5. The van der Waals surface area contributed by atoms with E-state index in [-0.39, 0.29) is 0 Å².